The zero-order chi connectivity index (χ0) is 13.4. The highest BCUT2D eigenvalue weighted by Crippen LogP contribution is 2.47. The summed E-state index contributed by atoms with van der Waals surface area (Å²) in [5, 5.41) is 9.75. The first kappa shape index (κ1) is 13.4. The number of benzene rings is 1. The number of aliphatic hydroxyl groups is 1. The Labute approximate surface area is 110 Å². The molecule has 1 aliphatic carbocycles. The fourth-order valence-electron chi connectivity index (χ4n) is 2.71. The van der Waals surface area contributed by atoms with Crippen molar-refractivity contribution in [3.8, 4) is 5.75 Å². The molecule has 0 atom stereocenters. The van der Waals surface area contributed by atoms with Gasteiger partial charge in [-0.15, -0.1) is 0 Å². The molecule has 0 amide bonds. The largest absolute Gasteiger partial charge is 0.496 e. The molecule has 0 unspecified atom stereocenters. The van der Waals surface area contributed by atoms with Crippen molar-refractivity contribution in [3.63, 3.8) is 0 Å². The van der Waals surface area contributed by atoms with Gasteiger partial charge in [0.25, 0.3) is 0 Å². The molecule has 1 aliphatic rings. The van der Waals surface area contributed by atoms with Crippen molar-refractivity contribution < 1.29 is 9.84 Å². The van der Waals surface area contributed by atoms with Crippen LogP contribution in [0.15, 0.2) is 18.2 Å². The van der Waals surface area contributed by atoms with E-state index >= 15 is 0 Å². The van der Waals surface area contributed by atoms with Crippen LogP contribution in [-0.2, 0) is 10.8 Å². The van der Waals surface area contributed by atoms with E-state index in [0.29, 0.717) is 0 Å². The summed E-state index contributed by atoms with van der Waals surface area (Å²) in [5.41, 5.74) is 2.55. The van der Waals surface area contributed by atoms with Gasteiger partial charge in [-0.2, -0.15) is 0 Å². The van der Waals surface area contributed by atoms with Gasteiger partial charge in [-0.25, -0.2) is 0 Å². The molecule has 0 spiro atoms. The summed E-state index contributed by atoms with van der Waals surface area (Å²) >= 11 is 0. The Bertz CT molecular complexity index is 420. The SMILES string of the molecule is COc1ccc(C(C)(C)C)cc1C1(CO)CCC1. The quantitative estimate of drug-likeness (QED) is 0.888. The summed E-state index contributed by atoms with van der Waals surface area (Å²) in [7, 11) is 1.71. The van der Waals surface area contributed by atoms with Crippen LogP contribution in [0.5, 0.6) is 5.75 Å². The monoisotopic (exact) mass is 248 g/mol. The number of aliphatic hydroxyl groups excluding tert-OH is 1. The summed E-state index contributed by atoms with van der Waals surface area (Å²) in [5.74, 6) is 0.914. The maximum atomic E-state index is 9.75. The van der Waals surface area contributed by atoms with Crippen LogP contribution >= 0.6 is 0 Å². The van der Waals surface area contributed by atoms with E-state index in [1.54, 1.807) is 7.11 Å². The summed E-state index contributed by atoms with van der Waals surface area (Å²) in [6.45, 7) is 6.86. The topological polar surface area (TPSA) is 29.5 Å². The maximum absolute atomic E-state index is 9.75. The van der Waals surface area contributed by atoms with Crippen molar-refractivity contribution in [3.05, 3.63) is 29.3 Å². The highest BCUT2D eigenvalue weighted by atomic mass is 16.5. The van der Waals surface area contributed by atoms with E-state index in [2.05, 4.69) is 32.9 Å². The van der Waals surface area contributed by atoms with Gasteiger partial charge in [-0.05, 0) is 29.9 Å². The summed E-state index contributed by atoms with van der Waals surface area (Å²) in [4.78, 5) is 0. The lowest BCUT2D eigenvalue weighted by Gasteiger charge is -2.42. The third kappa shape index (κ3) is 2.14. The van der Waals surface area contributed by atoms with Gasteiger partial charge in [-0.1, -0.05) is 39.3 Å². The average Bonchev–Trinajstić information content (AvgIpc) is 2.27. The number of ether oxygens (including phenoxy) is 1. The van der Waals surface area contributed by atoms with Gasteiger partial charge in [0, 0.05) is 11.0 Å². The van der Waals surface area contributed by atoms with Crippen LogP contribution < -0.4 is 4.74 Å². The third-order valence-electron chi connectivity index (χ3n) is 4.25. The van der Waals surface area contributed by atoms with Crippen molar-refractivity contribution in [2.45, 2.75) is 50.9 Å². The summed E-state index contributed by atoms with van der Waals surface area (Å²) in [6.07, 6.45) is 3.32. The van der Waals surface area contributed by atoms with E-state index < -0.39 is 0 Å². The van der Waals surface area contributed by atoms with E-state index in [9.17, 15) is 5.11 Å². The third-order valence-corrected chi connectivity index (χ3v) is 4.25. The molecule has 2 heteroatoms. The second-order valence-electron chi connectivity index (χ2n) is 6.46. The standard InChI is InChI=1S/C16H24O2/c1-15(2,3)12-6-7-14(18-4)13(10-12)16(11-17)8-5-9-16/h6-7,10,17H,5,8-9,11H2,1-4H3. The molecule has 2 nitrogen and oxygen atoms in total. The van der Waals surface area contributed by atoms with Gasteiger partial charge >= 0.3 is 0 Å². The van der Waals surface area contributed by atoms with Crippen molar-refractivity contribution in [1.29, 1.82) is 0 Å². The molecule has 0 bridgehead atoms. The van der Waals surface area contributed by atoms with Crippen molar-refractivity contribution in [2.24, 2.45) is 0 Å². The van der Waals surface area contributed by atoms with Crippen LogP contribution in [0.25, 0.3) is 0 Å². The Balaban J connectivity index is 2.49. The van der Waals surface area contributed by atoms with E-state index in [0.717, 1.165) is 18.6 Å². The zero-order valence-corrected chi connectivity index (χ0v) is 11.9. The predicted octanol–water partition coefficient (Wildman–Crippen LogP) is 3.41. The van der Waals surface area contributed by atoms with Crippen LogP contribution in [0.1, 0.15) is 51.2 Å². The van der Waals surface area contributed by atoms with Crippen LogP contribution in [0.3, 0.4) is 0 Å². The fraction of sp³-hybridized carbons (Fsp3) is 0.625. The van der Waals surface area contributed by atoms with E-state index in [1.165, 1.54) is 17.5 Å². The van der Waals surface area contributed by atoms with Gasteiger partial charge in [0.2, 0.25) is 0 Å². The molecule has 1 aromatic rings. The zero-order valence-electron chi connectivity index (χ0n) is 11.9. The molecule has 1 aromatic carbocycles. The Morgan fingerprint density at radius 2 is 1.94 bits per heavy atom. The van der Waals surface area contributed by atoms with E-state index in [1.807, 2.05) is 6.07 Å². The summed E-state index contributed by atoms with van der Waals surface area (Å²) in [6, 6.07) is 6.41. The molecule has 0 aliphatic heterocycles. The molecular weight excluding hydrogens is 224 g/mol. The lowest BCUT2D eigenvalue weighted by atomic mass is 9.64. The molecule has 18 heavy (non-hydrogen) atoms. The normalized spacial score (nSPS) is 18.3. The molecule has 1 fully saturated rings. The van der Waals surface area contributed by atoms with Crippen LogP contribution in [-0.4, -0.2) is 18.8 Å². The van der Waals surface area contributed by atoms with E-state index in [4.69, 9.17) is 4.74 Å². The van der Waals surface area contributed by atoms with Crippen LogP contribution in [0.2, 0.25) is 0 Å². The maximum Gasteiger partial charge on any atom is 0.122 e. The Morgan fingerprint density at radius 1 is 1.28 bits per heavy atom. The first-order valence-corrected chi connectivity index (χ1v) is 6.73. The van der Waals surface area contributed by atoms with Gasteiger partial charge in [0.05, 0.1) is 13.7 Å². The molecule has 1 N–H and O–H groups in total. The second-order valence-corrected chi connectivity index (χ2v) is 6.46. The number of hydrogen-bond donors (Lipinski definition) is 1. The Hall–Kier alpha value is -1.02. The molecule has 0 aromatic heterocycles. The van der Waals surface area contributed by atoms with Crippen molar-refractivity contribution >= 4 is 0 Å². The minimum Gasteiger partial charge on any atom is -0.496 e. The van der Waals surface area contributed by atoms with Gasteiger partial charge in [0.15, 0.2) is 0 Å². The number of rotatable bonds is 3. The van der Waals surface area contributed by atoms with Gasteiger partial charge in [-0.3, -0.25) is 0 Å². The number of methoxy groups -OCH3 is 1. The van der Waals surface area contributed by atoms with Crippen molar-refractivity contribution in [1.82, 2.24) is 0 Å². The molecule has 100 valence electrons. The van der Waals surface area contributed by atoms with Crippen LogP contribution in [0.4, 0.5) is 0 Å². The fourth-order valence-corrected chi connectivity index (χ4v) is 2.71. The smallest absolute Gasteiger partial charge is 0.122 e. The Morgan fingerprint density at radius 3 is 2.33 bits per heavy atom. The molecule has 0 radical (unpaired) electrons. The summed E-state index contributed by atoms with van der Waals surface area (Å²) < 4.78 is 5.49. The average molecular weight is 248 g/mol. The predicted molar refractivity (Wildman–Crippen MR) is 74.3 cm³/mol. The molecule has 0 saturated heterocycles. The minimum atomic E-state index is -0.0629. The highest BCUT2D eigenvalue weighted by molar-refractivity contribution is 5.45. The van der Waals surface area contributed by atoms with Gasteiger partial charge in [0.1, 0.15) is 5.75 Å². The van der Waals surface area contributed by atoms with Crippen molar-refractivity contribution in [2.75, 3.05) is 13.7 Å². The molecule has 1 saturated carbocycles. The minimum absolute atomic E-state index is 0.0629. The van der Waals surface area contributed by atoms with Crippen LogP contribution in [0, 0.1) is 0 Å². The second kappa shape index (κ2) is 4.58. The molecule has 0 heterocycles. The Kier molecular flexibility index (Phi) is 3.41. The van der Waals surface area contributed by atoms with E-state index in [-0.39, 0.29) is 17.4 Å². The lowest BCUT2D eigenvalue weighted by Crippen LogP contribution is -2.38. The van der Waals surface area contributed by atoms with Gasteiger partial charge < -0.3 is 9.84 Å². The molecular formula is C16H24O2. The lowest BCUT2D eigenvalue weighted by molar-refractivity contribution is 0.117. The first-order valence-electron chi connectivity index (χ1n) is 6.73. The number of hydrogen-bond acceptors (Lipinski definition) is 2. The molecule has 2 rings (SSSR count). The highest BCUT2D eigenvalue weighted by Gasteiger charge is 2.40. The first-order chi connectivity index (χ1) is 8.43.